The topological polar surface area (TPSA) is 12.0 Å². The summed E-state index contributed by atoms with van der Waals surface area (Å²) in [6.07, 6.45) is 0.775. The van der Waals surface area contributed by atoms with Gasteiger partial charge in [0.05, 0.1) is 0 Å². The molecule has 0 amide bonds. The van der Waals surface area contributed by atoms with Gasteiger partial charge in [0.2, 0.25) is 0 Å². The van der Waals surface area contributed by atoms with Crippen LogP contribution in [0.15, 0.2) is 12.1 Å². The summed E-state index contributed by atoms with van der Waals surface area (Å²) in [4.78, 5) is 0. The van der Waals surface area contributed by atoms with Crippen LogP contribution in [0.1, 0.15) is 24.1 Å². The Bertz CT molecular complexity index is 336. The van der Waals surface area contributed by atoms with Crippen molar-refractivity contribution in [3.63, 3.8) is 0 Å². The first-order chi connectivity index (χ1) is 6.18. The van der Waals surface area contributed by atoms with Crippen molar-refractivity contribution in [2.45, 2.75) is 19.4 Å². The van der Waals surface area contributed by atoms with Gasteiger partial charge in [0.15, 0.2) is 11.6 Å². The van der Waals surface area contributed by atoms with Crippen molar-refractivity contribution in [1.82, 2.24) is 5.32 Å². The van der Waals surface area contributed by atoms with Crippen LogP contribution in [0.5, 0.6) is 0 Å². The Labute approximate surface area is 75.8 Å². The van der Waals surface area contributed by atoms with Crippen LogP contribution in [0.4, 0.5) is 8.78 Å². The number of hydrogen-bond donors (Lipinski definition) is 1. The lowest BCUT2D eigenvalue weighted by Crippen LogP contribution is -2.28. The van der Waals surface area contributed by atoms with E-state index in [2.05, 4.69) is 5.32 Å². The summed E-state index contributed by atoms with van der Waals surface area (Å²) in [5, 5.41) is 3.20. The second-order valence-electron chi connectivity index (χ2n) is 3.39. The van der Waals surface area contributed by atoms with Crippen LogP contribution in [0, 0.1) is 11.6 Å². The third-order valence-corrected chi connectivity index (χ3v) is 2.49. The van der Waals surface area contributed by atoms with E-state index >= 15 is 0 Å². The minimum Gasteiger partial charge on any atom is -0.310 e. The second kappa shape index (κ2) is 3.07. The van der Waals surface area contributed by atoms with E-state index in [0.717, 1.165) is 24.1 Å². The quantitative estimate of drug-likeness (QED) is 0.650. The van der Waals surface area contributed by atoms with Gasteiger partial charge in [-0.05, 0) is 43.1 Å². The van der Waals surface area contributed by atoms with Crippen molar-refractivity contribution < 1.29 is 8.78 Å². The summed E-state index contributed by atoms with van der Waals surface area (Å²) in [5.74, 6) is -1.50. The minimum atomic E-state index is -0.755. The molecule has 1 aliphatic heterocycles. The Balaban J connectivity index is 2.52. The molecule has 1 aliphatic rings. The van der Waals surface area contributed by atoms with Gasteiger partial charge in [-0.1, -0.05) is 0 Å². The van der Waals surface area contributed by atoms with Gasteiger partial charge in [-0.25, -0.2) is 8.78 Å². The lowest BCUT2D eigenvalue weighted by molar-refractivity contribution is 0.487. The highest BCUT2D eigenvalue weighted by molar-refractivity contribution is 5.33. The highest BCUT2D eigenvalue weighted by atomic mass is 19.2. The van der Waals surface area contributed by atoms with Gasteiger partial charge < -0.3 is 5.32 Å². The molecule has 1 nitrogen and oxygen atoms in total. The fourth-order valence-electron chi connectivity index (χ4n) is 1.76. The van der Waals surface area contributed by atoms with Crippen LogP contribution in [0.2, 0.25) is 0 Å². The van der Waals surface area contributed by atoms with Crippen LogP contribution in [0.3, 0.4) is 0 Å². The minimum absolute atomic E-state index is 0.124. The van der Waals surface area contributed by atoms with Gasteiger partial charge in [0, 0.05) is 6.04 Å². The zero-order valence-electron chi connectivity index (χ0n) is 7.40. The van der Waals surface area contributed by atoms with Crippen molar-refractivity contribution >= 4 is 0 Å². The van der Waals surface area contributed by atoms with E-state index in [4.69, 9.17) is 0 Å². The maximum Gasteiger partial charge on any atom is 0.159 e. The number of halogens is 2. The standard InChI is InChI=1S/C10H11F2N/c1-6-8-5-10(12)9(11)4-7(8)2-3-13-6/h4-6,13H,2-3H2,1H3/t6-/m0/s1. The normalized spacial score (nSPS) is 21.3. The Morgan fingerprint density at radius 2 is 2.00 bits per heavy atom. The van der Waals surface area contributed by atoms with Crippen LogP contribution in [0.25, 0.3) is 0 Å². The van der Waals surface area contributed by atoms with Gasteiger partial charge in [0.25, 0.3) is 0 Å². The van der Waals surface area contributed by atoms with E-state index in [9.17, 15) is 8.78 Å². The molecule has 3 heteroatoms. The van der Waals surface area contributed by atoms with E-state index in [1.807, 2.05) is 6.92 Å². The predicted molar refractivity (Wildman–Crippen MR) is 46.5 cm³/mol. The lowest BCUT2D eigenvalue weighted by Gasteiger charge is -2.23. The molecule has 0 radical (unpaired) electrons. The monoisotopic (exact) mass is 183 g/mol. The number of benzene rings is 1. The van der Waals surface area contributed by atoms with Crippen molar-refractivity contribution in [1.29, 1.82) is 0 Å². The van der Waals surface area contributed by atoms with Gasteiger partial charge >= 0.3 is 0 Å². The fraction of sp³-hybridized carbons (Fsp3) is 0.400. The number of rotatable bonds is 0. The molecule has 1 N–H and O–H groups in total. The smallest absolute Gasteiger partial charge is 0.159 e. The Hall–Kier alpha value is -0.960. The molecule has 0 saturated carbocycles. The Kier molecular flexibility index (Phi) is 2.04. The molecule has 1 atom stereocenters. The summed E-state index contributed by atoms with van der Waals surface area (Å²) in [7, 11) is 0. The molecular weight excluding hydrogens is 172 g/mol. The molecule has 1 aromatic rings. The van der Waals surface area contributed by atoms with E-state index in [1.54, 1.807) is 0 Å². The third kappa shape index (κ3) is 1.44. The van der Waals surface area contributed by atoms with Crippen molar-refractivity contribution in [2.24, 2.45) is 0 Å². The largest absolute Gasteiger partial charge is 0.310 e. The highest BCUT2D eigenvalue weighted by Gasteiger charge is 2.18. The molecule has 0 aliphatic carbocycles. The molecule has 2 rings (SSSR count). The average Bonchev–Trinajstić information content (AvgIpc) is 2.09. The zero-order chi connectivity index (χ0) is 9.42. The molecule has 0 unspecified atom stereocenters. The highest BCUT2D eigenvalue weighted by Crippen LogP contribution is 2.24. The molecule has 70 valence electrons. The molecule has 0 bridgehead atoms. The van der Waals surface area contributed by atoms with Crippen LogP contribution >= 0.6 is 0 Å². The van der Waals surface area contributed by atoms with Gasteiger partial charge in [-0.15, -0.1) is 0 Å². The van der Waals surface area contributed by atoms with Gasteiger partial charge in [-0.3, -0.25) is 0 Å². The summed E-state index contributed by atoms with van der Waals surface area (Å²) in [5.41, 5.74) is 1.80. The molecule has 1 heterocycles. The van der Waals surface area contributed by atoms with Gasteiger partial charge in [0.1, 0.15) is 0 Å². The predicted octanol–water partition coefficient (Wildman–Crippen LogP) is 2.17. The first kappa shape index (κ1) is 8.63. The molecule has 0 aromatic heterocycles. The lowest BCUT2D eigenvalue weighted by atomic mass is 9.95. The molecule has 0 spiro atoms. The van der Waals surface area contributed by atoms with Crippen LogP contribution < -0.4 is 5.32 Å². The van der Waals surface area contributed by atoms with E-state index in [0.29, 0.717) is 0 Å². The van der Waals surface area contributed by atoms with E-state index in [-0.39, 0.29) is 6.04 Å². The number of hydrogen-bond acceptors (Lipinski definition) is 1. The van der Waals surface area contributed by atoms with E-state index in [1.165, 1.54) is 12.1 Å². The summed E-state index contributed by atoms with van der Waals surface area (Å²) < 4.78 is 25.7. The first-order valence-corrected chi connectivity index (χ1v) is 4.39. The zero-order valence-corrected chi connectivity index (χ0v) is 7.40. The number of nitrogens with one attached hydrogen (secondary N) is 1. The molecule has 0 saturated heterocycles. The summed E-state index contributed by atoms with van der Waals surface area (Å²) >= 11 is 0. The van der Waals surface area contributed by atoms with Gasteiger partial charge in [-0.2, -0.15) is 0 Å². The molecule has 13 heavy (non-hydrogen) atoms. The maximum absolute atomic E-state index is 12.9. The van der Waals surface area contributed by atoms with Crippen molar-refractivity contribution in [3.05, 3.63) is 34.9 Å². The van der Waals surface area contributed by atoms with E-state index < -0.39 is 11.6 Å². The molecule has 1 aromatic carbocycles. The van der Waals surface area contributed by atoms with Crippen molar-refractivity contribution in [2.75, 3.05) is 6.54 Å². The molecule has 0 fully saturated rings. The fourth-order valence-corrected chi connectivity index (χ4v) is 1.76. The first-order valence-electron chi connectivity index (χ1n) is 4.39. The summed E-state index contributed by atoms with van der Waals surface area (Å²) in [6, 6.07) is 2.72. The Morgan fingerprint density at radius 3 is 2.77 bits per heavy atom. The average molecular weight is 183 g/mol. The van der Waals surface area contributed by atoms with Crippen LogP contribution in [-0.2, 0) is 6.42 Å². The summed E-state index contributed by atoms with van der Waals surface area (Å²) in [6.45, 7) is 2.79. The third-order valence-electron chi connectivity index (χ3n) is 2.49. The molecular formula is C10H11F2N. The van der Waals surface area contributed by atoms with Crippen molar-refractivity contribution in [3.8, 4) is 0 Å². The van der Waals surface area contributed by atoms with Crippen LogP contribution in [-0.4, -0.2) is 6.54 Å². The number of fused-ring (bicyclic) bond motifs is 1. The maximum atomic E-state index is 12.9. The Morgan fingerprint density at radius 1 is 1.31 bits per heavy atom. The SMILES string of the molecule is C[C@@H]1NCCc2cc(F)c(F)cc21. The second-order valence-corrected chi connectivity index (χ2v) is 3.39.